The van der Waals surface area contributed by atoms with Crippen LogP contribution in [0.5, 0.6) is 0 Å². The van der Waals surface area contributed by atoms with Crippen LogP contribution >= 0.6 is 79.6 Å². The molecule has 0 heterocycles. The van der Waals surface area contributed by atoms with Gasteiger partial charge in [0.2, 0.25) is 0 Å². The molecule has 0 aliphatic heterocycles. The maximum Gasteiger partial charge on any atom is 0.0991 e. The third kappa shape index (κ3) is 9.54. The van der Waals surface area contributed by atoms with E-state index in [4.69, 9.17) is 18.9 Å². The fourth-order valence-electron chi connectivity index (χ4n) is 9.56. The number of hydrogen-bond acceptors (Lipinski definition) is 5. The Labute approximate surface area is 408 Å². The van der Waals surface area contributed by atoms with Crippen molar-refractivity contribution in [3.63, 3.8) is 0 Å². The summed E-state index contributed by atoms with van der Waals surface area (Å²) >= 11 is 17.9. The highest BCUT2D eigenvalue weighted by molar-refractivity contribution is 9.11. The largest absolute Gasteiger partial charge is 0.385 e. The number of fused-ring (bicyclic) bond motifs is 9. The van der Waals surface area contributed by atoms with E-state index in [-0.39, 0.29) is 10.8 Å². The summed E-state index contributed by atoms with van der Waals surface area (Å²) < 4.78 is 27.3. The van der Waals surface area contributed by atoms with Crippen LogP contribution in [0.25, 0.3) is 33.4 Å². The van der Waals surface area contributed by atoms with E-state index >= 15 is 0 Å². The lowest BCUT2D eigenvalue weighted by Crippen LogP contribution is -2.29. The second kappa shape index (κ2) is 20.9. The maximum absolute atomic E-state index is 9.35. The number of nitrogens with zero attached hydrogens (tertiary/aromatic N) is 1. The minimum absolute atomic E-state index is 0.0652. The van der Waals surface area contributed by atoms with Gasteiger partial charge in [-0.3, -0.25) is 0 Å². The van der Waals surface area contributed by atoms with Gasteiger partial charge in [0.15, 0.2) is 0 Å². The van der Waals surface area contributed by atoms with Crippen LogP contribution in [0.2, 0.25) is 0 Å². The zero-order valence-corrected chi connectivity index (χ0v) is 43.2. The van der Waals surface area contributed by atoms with Crippen LogP contribution in [-0.2, 0) is 36.2 Å². The Kier molecular flexibility index (Phi) is 15.9. The molecule has 5 nitrogen and oxygen atoms in total. The van der Waals surface area contributed by atoms with Crippen LogP contribution in [0.3, 0.4) is 0 Å². The molecule has 0 aromatic heterocycles. The van der Waals surface area contributed by atoms with E-state index < -0.39 is 0 Å². The minimum atomic E-state index is -0.187. The lowest BCUT2D eigenvalue weighted by molar-refractivity contribution is 0.145. The average Bonchev–Trinajstić information content (AvgIpc) is 3.85. The van der Waals surface area contributed by atoms with Gasteiger partial charge >= 0.3 is 0 Å². The van der Waals surface area contributed by atoms with Crippen molar-refractivity contribution in [3.05, 3.63) is 171 Å². The van der Waals surface area contributed by atoms with E-state index in [2.05, 4.69) is 183 Å². The Morgan fingerprint density at radius 2 is 0.710 bits per heavy atom. The Bertz CT molecular complexity index is 2500. The van der Waals surface area contributed by atoms with Gasteiger partial charge < -0.3 is 18.9 Å². The lowest BCUT2D eigenvalue weighted by Gasteiger charge is -2.32. The molecule has 0 amide bonds. The molecule has 6 aromatic carbocycles. The van der Waals surface area contributed by atoms with Crippen molar-refractivity contribution in [2.45, 2.75) is 42.9 Å². The van der Waals surface area contributed by atoms with Crippen LogP contribution in [0.15, 0.2) is 132 Å². The zero-order valence-electron chi connectivity index (χ0n) is 35.2. The predicted octanol–water partition coefficient (Wildman–Crippen LogP) is 15.0. The standard InChI is InChI=1S/C20H20BrNO2.C19H20Br2O2.C13H8Br2/c1-23-9-7-20(8-10-24-2)18-11-14(13-22)3-5-16(18)17-6-4-15(21)12-19(17)20;1-22-9-7-19(8-10-23-2)17-11-13(20)3-5-15(17)16-6-4-14(21)12-18(16)19;14-10-1-3-12-8(6-10)5-9-7-11(15)2-4-13(9)12/h3-6,11-12H,7-10H2,1-2H3;3-6,11-12H,7-10H2,1-2H3;1-4,6-7H,5H2. The summed E-state index contributed by atoms with van der Waals surface area (Å²) in [5.74, 6) is 0. The van der Waals surface area contributed by atoms with Crippen LogP contribution in [0, 0.1) is 11.3 Å². The lowest BCUT2D eigenvalue weighted by atomic mass is 9.73. The average molecular weight is 1150 g/mol. The van der Waals surface area contributed by atoms with Crippen molar-refractivity contribution in [2.75, 3.05) is 54.9 Å². The zero-order chi connectivity index (χ0) is 44.0. The molecule has 0 fully saturated rings. The smallest absolute Gasteiger partial charge is 0.0991 e. The molecule has 0 atom stereocenters. The quantitative estimate of drug-likeness (QED) is 0.122. The Morgan fingerprint density at radius 3 is 1.03 bits per heavy atom. The first-order valence-corrected chi connectivity index (χ1v) is 24.5. The maximum atomic E-state index is 9.35. The van der Waals surface area contributed by atoms with E-state index in [9.17, 15) is 5.26 Å². The molecule has 0 N–H and O–H groups in total. The van der Waals surface area contributed by atoms with E-state index in [1.165, 1.54) is 66.8 Å². The van der Waals surface area contributed by atoms with Crippen LogP contribution in [0.4, 0.5) is 0 Å². The normalized spacial score (nSPS) is 13.9. The molecular weight excluding hydrogens is 1100 g/mol. The van der Waals surface area contributed by atoms with Gasteiger partial charge in [0, 0.05) is 88.1 Å². The summed E-state index contributed by atoms with van der Waals surface area (Å²) in [6, 6.07) is 40.9. The van der Waals surface area contributed by atoms with Crippen LogP contribution in [0.1, 0.15) is 64.6 Å². The summed E-state index contributed by atoms with van der Waals surface area (Å²) in [6.07, 6.45) is 4.65. The van der Waals surface area contributed by atoms with Crippen molar-refractivity contribution in [3.8, 4) is 39.4 Å². The molecular formula is C52H48Br5NO4. The first-order valence-electron chi connectivity index (χ1n) is 20.5. The second-order valence-electron chi connectivity index (χ2n) is 15.9. The Hall–Kier alpha value is -2.95. The van der Waals surface area contributed by atoms with Gasteiger partial charge in [-0.05, 0) is 172 Å². The van der Waals surface area contributed by atoms with E-state index in [0.29, 0.717) is 18.8 Å². The van der Waals surface area contributed by atoms with Gasteiger partial charge in [0.1, 0.15) is 0 Å². The monoisotopic (exact) mass is 1140 g/mol. The Morgan fingerprint density at radius 1 is 0.419 bits per heavy atom. The van der Waals surface area contributed by atoms with E-state index in [1.54, 1.807) is 28.4 Å². The molecule has 0 unspecified atom stereocenters. The molecule has 320 valence electrons. The summed E-state index contributed by atoms with van der Waals surface area (Å²) in [6.45, 7) is 2.76. The van der Waals surface area contributed by atoms with Crippen molar-refractivity contribution in [1.82, 2.24) is 0 Å². The second-order valence-corrected chi connectivity index (χ2v) is 20.4. The van der Waals surface area contributed by atoms with Crippen LogP contribution < -0.4 is 0 Å². The number of ether oxygens (including phenoxy) is 4. The van der Waals surface area contributed by atoms with Gasteiger partial charge in [0.05, 0.1) is 11.6 Å². The summed E-state index contributed by atoms with van der Waals surface area (Å²) in [4.78, 5) is 0. The molecule has 0 saturated carbocycles. The fraction of sp³-hybridized carbons (Fsp3) is 0.288. The van der Waals surface area contributed by atoms with E-state index in [1.807, 2.05) is 12.1 Å². The number of rotatable bonds is 12. The highest BCUT2D eigenvalue weighted by Crippen LogP contribution is 2.55. The summed E-state index contributed by atoms with van der Waals surface area (Å²) in [5.41, 5.74) is 16.4. The SMILES string of the molecule is Brc1ccc2c(c1)Cc1cc(Br)ccc1-2.COCCC1(CCOC)c2cc(Br)ccc2-c2ccc(Br)cc21.COCCC1(CCOC)c2cc(Br)ccc2-c2ccc(C#N)cc21. The summed E-state index contributed by atoms with van der Waals surface area (Å²) in [5, 5.41) is 9.35. The third-order valence-electron chi connectivity index (χ3n) is 12.5. The minimum Gasteiger partial charge on any atom is -0.385 e. The summed E-state index contributed by atoms with van der Waals surface area (Å²) in [7, 11) is 6.99. The number of benzene rings is 6. The highest BCUT2D eigenvalue weighted by Gasteiger charge is 2.44. The van der Waals surface area contributed by atoms with Gasteiger partial charge in [-0.2, -0.15) is 5.26 Å². The molecule has 3 aliphatic carbocycles. The van der Waals surface area contributed by atoms with E-state index in [0.717, 1.165) is 67.7 Å². The first kappa shape index (κ1) is 47.0. The van der Waals surface area contributed by atoms with Crippen molar-refractivity contribution in [2.24, 2.45) is 0 Å². The highest BCUT2D eigenvalue weighted by atomic mass is 79.9. The number of hydrogen-bond donors (Lipinski definition) is 0. The number of methoxy groups -OCH3 is 4. The molecule has 0 radical (unpaired) electrons. The molecule has 9 rings (SSSR count). The number of halogens is 5. The van der Waals surface area contributed by atoms with Crippen LogP contribution in [-0.4, -0.2) is 54.9 Å². The molecule has 0 saturated heterocycles. The molecule has 62 heavy (non-hydrogen) atoms. The van der Waals surface area contributed by atoms with Gasteiger partial charge in [0.25, 0.3) is 0 Å². The molecule has 6 aromatic rings. The van der Waals surface area contributed by atoms with Crippen molar-refractivity contribution in [1.29, 1.82) is 5.26 Å². The Balaban J connectivity index is 0.000000143. The first-order chi connectivity index (χ1) is 30.0. The van der Waals surface area contributed by atoms with Gasteiger partial charge in [-0.15, -0.1) is 0 Å². The van der Waals surface area contributed by atoms with Gasteiger partial charge in [-0.25, -0.2) is 0 Å². The molecule has 0 spiro atoms. The molecule has 10 heteroatoms. The molecule has 0 bridgehead atoms. The van der Waals surface area contributed by atoms with Gasteiger partial charge in [-0.1, -0.05) is 116 Å². The fourth-order valence-corrected chi connectivity index (χ4v) is 11.5. The molecule has 3 aliphatic rings. The number of nitriles is 1. The topological polar surface area (TPSA) is 60.7 Å². The predicted molar refractivity (Wildman–Crippen MR) is 269 cm³/mol. The third-order valence-corrected chi connectivity index (χ3v) is 14.9. The van der Waals surface area contributed by atoms with Crippen molar-refractivity contribution >= 4 is 79.6 Å². The van der Waals surface area contributed by atoms with Crippen molar-refractivity contribution < 1.29 is 18.9 Å².